The van der Waals surface area contributed by atoms with Gasteiger partial charge in [0.1, 0.15) is 5.00 Å². The zero-order valence-corrected chi connectivity index (χ0v) is 20.2. The number of rotatable bonds is 3. The van der Waals surface area contributed by atoms with Crippen molar-refractivity contribution in [2.45, 2.75) is 52.0 Å². The van der Waals surface area contributed by atoms with Crippen molar-refractivity contribution in [2.24, 2.45) is 11.8 Å². The Morgan fingerprint density at radius 3 is 2.97 bits per heavy atom. The fourth-order valence-electron chi connectivity index (χ4n) is 5.50. The molecule has 1 unspecified atom stereocenters. The van der Waals surface area contributed by atoms with Gasteiger partial charge in [-0.1, -0.05) is 13.0 Å². The second kappa shape index (κ2) is 8.63. The van der Waals surface area contributed by atoms with Crippen LogP contribution in [0.4, 0.5) is 5.00 Å². The van der Waals surface area contributed by atoms with Gasteiger partial charge in [-0.25, -0.2) is 4.79 Å². The number of anilines is 1. The second-order valence-corrected chi connectivity index (χ2v) is 10.8. The molecule has 2 aromatic heterocycles. The number of pyridine rings is 1. The van der Waals surface area contributed by atoms with Crippen molar-refractivity contribution in [3.05, 3.63) is 50.3 Å². The van der Waals surface area contributed by atoms with Crippen LogP contribution in [0.15, 0.2) is 23.0 Å². The van der Waals surface area contributed by atoms with E-state index in [2.05, 4.69) is 23.2 Å². The summed E-state index contributed by atoms with van der Waals surface area (Å²) in [7, 11) is 0. The molecule has 32 heavy (non-hydrogen) atoms. The van der Waals surface area contributed by atoms with Gasteiger partial charge in [-0.3, -0.25) is 4.79 Å². The van der Waals surface area contributed by atoms with Gasteiger partial charge in [0.2, 0.25) is 0 Å². The molecule has 2 aromatic rings. The molecule has 0 aromatic carbocycles. The van der Waals surface area contributed by atoms with Crippen LogP contribution >= 0.6 is 23.6 Å². The number of hydrogen-bond donors (Lipinski definition) is 1. The highest BCUT2D eigenvalue weighted by atomic mass is 32.1. The number of aromatic nitrogens is 1. The van der Waals surface area contributed by atoms with E-state index in [1.165, 1.54) is 4.88 Å². The van der Waals surface area contributed by atoms with Crippen molar-refractivity contribution in [2.75, 3.05) is 25.0 Å². The minimum absolute atomic E-state index is 0.0869. The molecule has 8 heteroatoms. The maximum Gasteiger partial charge on any atom is 0.341 e. The molecule has 0 spiro atoms. The van der Waals surface area contributed by atoms with Gasteiger partial charge in [-0.05, 0) is 68.3 Å². The largest absolute Gasteiger partial charge is 0.462 e. The number of likely N-dealkylation sites (tertiary alicyclic amines) is 1. The lowest BCUT2D eigenvalue weighted by atomic mass is 9.83. The Kier molecular flexibility index (Phi) is 5.84. The van der Waals surface area contributed by atoms with E-state index >= 15 is 0 Å². The number of thiocarbonyl (C=S) groups is 1. The van der Waals surface area contributed by atoms with E-state index in [9.17, 15) is 9.59 Å². The Bertz CT molecular complexity index is 1120. The standard InChI is InChI=1S/C24H29N3O3S2/c1-3-30-23(29)21-17-8-7-14(2)9-19(17)32-22(21)25-24(31)26-11-15-10-16(13-26)18-5-4-6-20(28)27(18)12-15/h4-6,14-16H,3,7-13H2,1-2H3,(H,25,31)/t14?,15-,16+/m0/s1. The van der Waals surface area contributed by atoms with E-state index in [1.807, 2.05) is 17.6 Å². The quantitative estimate of drug-likeness (QED) is 0.539. The SMILES string of the molecule is CCOC(=O)c1c(NC(=S)N2C[C@@H]3C[C@H](C2)c2cccc(=O)n2C3)sc2c1CCC(C)C2. The van der Waals surface area contributed by atoms with E-state index in [1.54, 1.807) is 17.4 Å². The Balaban J connectivity index is 1.39. The molecule has 0 amide bonds. The van der Waals surface area contributed by atoms with Crippen molar-refractivity contribution in [1.29, 1.82) is 0 Å². The number of thiophene rings is 1. The second-order valence-electron chi connectivity index (χ2n) is 9.31. The molecule has 170 valence electrons. The molecule has 6 nitrogen and oxygen atoms in total. The van der Waals surface area contributed by atoms with Crippen molar-refractivity contribution in [3.8, 4) is 0 Å². The number of carbonyl (C=O) groups is 1. The van der Waals surface area contributed by atoms with Gasteiger partial charge in [0.25, 0.3) is 5.56 Å². The zero-order chi connectivity index (χ0) is 22.4. The molecular formula is C24H29N3O3S2. The van der Waals surface area contributed by atoms with E-state index in [4.69, 9.17) is 17.0 Å². The molecular weight excluding hydrogens is 442 g/mol. The van der Waals surface area contributed by atoms with Gasteiger partial charge >= 0.3 is 5.97 Å². The highest BCUT2D eigenvalue weighted by molar-refractivity contribution is 7.80. The average molecular weight is 472 g/mol. The molecule has 1 N–H and O–H groups in total. The highest BCUT2D eigenvalue weighted by Crippen LogP contribution is 2.41. The van der Waals surface area contributed by atoms with Crippen LogP contribution in [0.3, 0.4) is 0 Å². The molecule has 0 radical (unpaired) electrons. The highest BCUT2D eigenvalue weighted by Gasteiger charge is 2.36. The Morgan fingerprint density at radius 1 is 1.31 bits per heavy atom. The molecule has 2 aliphatic heterocycles. The predicted octanol–water partition coefficient (Wildman–Crippen LogP) is 4.03. The van der Waals surface area contributed by atoms with Crippen molar-refractivity contribution >= 4 is 39.6 Å². The van der Waals surface area contributed by atoms with Gasteiger partial charge in [0.05, 0.1) is 12.2 Å². The summed E-state index contributed by atoms with van der Waals surface area (Å²) >= 11 is 7.49. The Labute approximate surface area is 197 Å². The van der Waals surface area contributed by atoms with Gasteiger partial charge in [-0.15, -0.1) is 11.3 Å². The summed E-state index contributed by atoms with van der Waals surface area (Å²) in [6.07, 6.45) is 4.09. The number of piperidine rings is 1. The minimum Gasteiger partial charge on any atom is -0.462 e. The molecule has 1 fully saturated rings. The fourth-order valence-corrected chi connectivity index (χ4v) is 7.21. The first-order valence-corrected chi connectivity index (χ1v) is 12.7. The van der Waals surface area contributed by atoms with E-state index in [-0.39, 0.29) is 17.4 Å². The smallest absolute Gasteiger partial charge is 0.341 e. The first-order chi connectivity index (χ1) is 15.4. The number of ether oxygens (including phenoxy) is 1. The van der Waals surface area contributed by atoms with Gasteiger partial charge in [-0.2, -0.15) is 0 Å². The van der Waals surface area contributed by atoms with Gasteiger partial charge in [0.15, 0.2) is 5.11 Å². The molecule has 0 saturated carbocycles. The van der Waals surface area contributed by atoms with E-state index in [0.717, 1.165) is 61.6 Å². The van der Waals surface area contributed by atoms with Crippen molar-refractivity contribution < 1.29 is 9.53 Å². The van der Waals surface area contributed by atoms with Crippen LogP contribution in [0.5, 0.6) is 0 Å². The van der Waals surface area contributed by atoms with Crippen molar-refractivity contribution in [3.63, 3.8) is 0 Å². The third-order valence-electron chi connectivity index (χ3n) is 6.98. The van der Waals surface area contributed by atoms with Crippen LogP contribution in [-0.2, 0) is 24.1 Å². The summed E-state index contributed by atoms with van der Waals surface area (Å²) < 4.78 is 7.33. The van der Waals surface area contributed by atoms with Crippen LogP contribution < -0.4 is 10.9 Å². The lowest BCUT2D eigenvalue weighted by Gasteiger charge is -2.43. The average Bonchev–Trinajstić information content (AvgIpc) is 3.11. The summed E-state index contributed by atoms with van der Waals surface area (Å²) in [4.78, 5) is 28.6. The monoisotopic (exact) mass is 471 g/mol. The molecule has 2 bridgehead atoms. The number of fused-ring (bicyclic) bond motifs is 5. The summed E-state index contributed by atoms with van der Waals surface area (Å²) in [5.74, 6) is 1.05. The number of nitrogens with one attached hydrogen (secondary N) is 1. The van der Waals surface area contributed by atoms with Crippen LogP contribution in [0, 0.1) is 11.8 Å². The Hall–Kier alpha value is -2.19. The lowest BCUT2D eigenvalue weighted by Crippen LogP contribution is -2.50. The van der Waals surface area contributed by atoms with Crippen molar-refractivity contribution in [1.82, 2.24) is 9.47 Å². The maximum absolute atomic E-state index is 12.8. The van der Waals surface area contributed by atoms with Crippen LogP contribution in [-0.4, -0.2) is 40.2 Å². The molecule has 1 saturated heterocycles. The molecule has 1 aliphatic carbocycles. The van der Waals surface area contributed by atoms with E-state index < -0.39 is 0 Å². The number of esters is 1. The summed E-state index contributed by atoms with van der Waals surface area (Å²) in [5.41, 5.74) is 3.01. The normalized spacial score (nSPS) is 23.8. The van der Waals surface area contributed by atoms with Crippen LogP contribution in [0.25, 0.3) is 0 Å². The number of carbonyl (C=O) groups excluding carboxylic acids is 1. The molecule has 4 heterocycles. The van der Waals surface area contributed by atoms with Gasteiger partial charge in [0, 0.05) is 42.2 Å². The maximum atomic E-state index is 12.8. The third-order valence-corrected chi connectivity index (χ3v) is 8.51. The molecule has 5 rings (SSSR count). The fraction of sp³-hybridized carbons (Fsp3) is 0.542. The zero-order valence-electron chi connectivity index (χ0n) is 18.6. The summed E-state index contributed by atoms with van der Waals surface area (Å²) in [5, 5.41) is 4.90. The molecule has 3 aliphatic rings. The topological polar surface area (TPSA) is 63.6 Å². The number of hydrogen-bond acceptors (Lipinski definition) is 5. The minimum atomic E-state index is -0.256. The summed E-state index contributed by atoms with van der Waals surface area (Å²) in [6, 6.07) is 5.56. The van der Waals surface area contributed by atoms with E-state index in [0.29, 0.717) is 29.1 Å². The Morgan fingerprint density at radius 2 is 2.16 bits per heavy atom. The first-order valence-electron chi connectivity index (χ1n) is 11.5. The third kappa shape index (κ3) is 3.88. The number of nitrogens with zero attached hydrogens (tertiary/aromatic N) is 2. The van der Waals surface area contributed by atoms with Gasteiger partial charge < -0.3 is 19.5 Å². The van der Waals surface area contributed by atoms with Crippen LogP contribution in [0.2, 0.25) is 0 Å². The van der Waals surface area contributed by atoms with Crippen LogP contribution in [0.1, 0.15) is 59.1 Å². The molecule has 3 atom stereocenters. The summed E-state index contributed by atoms with van der Waals surface area (Å²) in [6.45, 7) is 6.80. The lowest BCUT2D eigenvalue weighted by molar-refractivity contribution is 0.0526. The predicted molar refractivity (Wildman–Crippen MR) is 131 cm³/mol. The first kappa shape index (κ1) is 21.6.